The van der Waals surface area contributed by atoms with E-state index in [9.17, 15) is 14.4 Å². The molecule has 0 radical (unpaired) electrons. The standard InChI is InChI=1S/C26H32N2O5/c1-17(11-12-24(29)28-18(2)15-25(30)31)13-14-27-26(32)33-16-23-21-9-5-3-7-19(21)20-8-4-6-10-22(20)23/h3-10,17-18,23H,11-16H2,1-2H3,(H,27,32)(H,28,29)(H,30,31). The van der Waals surface area contributed by atoms with E-state index in [-0.39, 0.29) is 36.8 Å². The molecule has 0 saturated heterocycles. The topological polar surface area (TPSA) is 105 Å². The summed E-state index contributed by atoms with van der Waals surface area (Å²) < 4.78 is 5.53. The first kappa shape index (κ1) is 24.3. The quantitative estimate of drug-likeness (QED) is 0.471. The first-order valence-corrected chi connectivity index (χ1v) is 11.4. The van der Waals surface area contributed by atoms with Gasteiger partial charge in [0.1, 0.15) is 6.61 Å². The Morgan fingerprint density at radius 3 is 2.18 bits per heavy atom. The average molecular weight is 453 g/mol. The maximum absolute atomic E-state index is 12.2. The van der Waals surface area contributed by atoms with Crippen molar-refractivity contribution in [3.63, 3.8) is 0 Å². The third-order valence-corrected chi connectivity index (χ3v) is 6.00. The van der Waals surface area contributed by atoms with Gasteiger partial charge in [-0.1, -0.05) is 55.5 Å². The molecule has 7 heteroatoms. The van der Waals surface area contributed by atoms with Crippen LogP contribution >= 0.6 is 0 Å². The van der Waals surface area contributed by atoms with Crippen molar-refractivity contribution in [3.05, 3.63) is 59.7 Å². The second-order valence-electron chi connectivity index (χ2n) is 8.75. The number of fused-ring (bicyclic) bond motifs is 3. The molecule has 0 heterocycles. The number of alkyl carbamates (subject to hydrolysis) is 1. The van der Waals surface area contributed by atoms with Gasteiger partial charge in [0.05, 0.1) is 6.42 Å². The number of hydrogen-bond donors (Lipinski definition) is 3. The highest BCUT2D eigenvalue weighted by atomic mass is 16.5. The SMILES string of the molecule is CC(CCNC(=O)OCC1c2ccccc2-c2ccccc21)CCC(=O)NC(C)CC(=O)O. The Morgan fingerprint density at radius 2 is 1.58 bits per heavy atom. The van der Waals surface area contributed by atoms with Crippen molar-refractivity contribution in [1.29, 1.82) is 0 Å². The lowest BCUT2D eigenvalue weighted by molar-refractivity contribution is -0.137. The van der Waals surface area contributed by atoms with Crippen molar-refractivity contribution in [1.82, 2.24) is 10.6 Å². The molecular formula is C26H32N2O5. The van der Waals surface area contributed by atoms with Crippen LogP contribution in [0.2, 0.25) is 0 Å². The van der Waals surface area contributed by atoms with Gasteiger partial charge in [-0.15, -0.1) is 0 Å². The van der Waals surface area contributed by atoms with Crippen molar-refractivity contribution >= 4 is 18.0 Å². The summed E-state index contributed by atoms with van der Waals surface area (Å²) in [5, 5.41) is 14.2. The number of benzene rings is 2. The number of ether oxygens (including phenoxy) is 1. The van der Waals surface area contributed by atoms with Crippen LogP contribution in [0.15, 0.2) is 48.5 Å². The van der Waals surface area contributed by atoms with Gasteiger partial charge in [-0.05, 0) is 47.9 Å². The van der Waals surface area contributed by atoms with Crippen molar-refractivity contribution in [3.8, 4) is 11.1 Å². The molecule has 1 aliphatic rings. The van der Waals surface area contributed by atoms with Gasteiger partial charge in [-0.25, -0.2) is 4.79 Å². The van der Waals surface area contributed by atoms with Crippen LogP contribution in [0, 0.1) is 5.92 Å². The summed E-state index contributed by atoms with van der Waals surface area (Å²) in [5.41, 5.74) is 4.74. The van der Waals surface area contributed by atoms with Crippen LogP contribution in [-0.2, 0) is 14.3 Å². The molecule has 1 aliphatic carbocycles. The van der Waals surface area contributed by atoms with Crippen molar-refractivity contribution < 1.29 is 24.2 Å². The highest BCUT2D eigenvalue weighted by Crippen LogP contribution is 2.44. The van der Waals surface area contributed by atoms with Gasteiger partial charge in [0.25, 0.3) is 0 Å². The molecule has 0 saturated carbocycles. The largest absolute Gasteiger partial charge is 0.481 e. The number of carboxylic acids is 1. The Hall–Kier alpha value is -3.35. The molecule has 0 aliphatic heterocycles. The number of hydrogen-bond acceptors (Lipinski definition) is 4. The molecule has 3 rings (SSSR count). The van der Waals surface area contributed by atoms with Crippen molar-refractivity contribution in [2.75, 3.05) is 13.2 Å². The molecule has 3 N–H and O–H groups in total. The van der Waals surface area contributed by atoms with Crippen molar-refractivity contribution in [2.24, 2.45) is 5.92 Å². The highest BCUT2D eigenvalue weighted by Gasteiger charge is 2.28. The molecule has 2 aromatic carbocycles. The number of rotatable bonds is 11. The summed E-state index contributed by atoms with van der Waals surface area (Å²) >= 11 is 0. The summed E-state index contributed by atoms with van der Waals surface area (Å²) in [5.74, 6) is -0.820. The number of nitrogens with one attached hydrogen (secondary N) is 2. The normalized spacial score (nSPS) is 14.0. The zero-order valence-corrected chi connectivity index (χ0v) is 19.2. The molecule has 2 aromatic rings. The number of aliphatic carboxylic acids is 1. The Balaban J connectivity index is 1.37. The van der Waals surface area contributed by atoms with Crippen molar-refractivity contribution in [2.45, 2.75) is 51.5 Å². The second kappa shape index (κ2) is 11.5. The summed E-state index contributed by atoms with van der Waals surface area (Å²) in [6.45, 7) is 4.44. The number of amides is 2. The monoisotopic (exact) mass is 452 g/mol. The fraction of sp³-hybridized carbons (Fsp3) is 0.423. The Kier molecular flexibility index (Phi) is 8.46. The maximum atomic E-state index is 12.2. The number of carbonyl (C=O) groups is 3. The fourth-order valence-corrected chi connectivity index (χ4v) is 4.25. The van der Waals surface area contributed by atoms with Crippen LogP contribution in [0.5, 0.6) is 0 Å². The smallest absolute Gasteiger partial charge is 0.407 e. The summed E-state index contributed by atoms with van der Waals surface area (Å²) in [6, 6.07) is 16.0. The fourth-order valence-electron chi connectivity index (χ4n) is 4.25. The number of carboxylic acid groups (broad SMARTS) is 1. The lowest BCUT2D eigenvalue weighted by atomic mass is 9.98. The third-order valence-electron chi connectivity index (χ3n) is 6.00. The predicted molar refractivity (Wildman–Crippen MR) is 126 cm³/mol. The van der Waals surface area contributed by atoms with Gasteiger partial charge in [-0.2, -0.15) is 0 Å². The van der Waals surface area contributed by atoms with Gasteiger partial charge in [0.15, 0.2) is 0 Å². The zero-order chi connectivity index (χ0) is 23.8. The van der Waals surface area contributed by atoms with E-state index in [2.05, 4.69) is 34.9 Å². The van der Waals surface area contributed by atoms with E-state index in [0.717, 1.165) is 6.42 Å². The van der Waals surface area contributed by atoms with Gasteiger partial charge in [-0.3, -0.25) is 9.59 Å². The van der Waals surface area contributed by atoms with Crippen LogP contribution in [0.3, 0.4) is 0 Å². The molecule has 7 nitrogen and oxygen atoms in total. The average Bonchev–Trinajstić information content (AvgIpc) is 3.09. The van der Waals surface area contributed by atoms with E-state index in [0.29, 0.717) is 19.4 Å². The van der Waals surface area contributed by atoms with E-state index < -0.39 is 12.1 Å². The molecule has 0 fully saturated rings. The van der Waals surface area contributed by atoms with Crippen LogP contribution in [-0.4, -0.2) is 42.3 Å². The minimum absolute atomic E-state index is 0.0316. The molecule has 0 bridgehead atoms. The number of carbonyl (C=O) groups excluding carboxylic acids is 2. The minimum atomic E-state index is -0.935. The Morgan fingerprint density at radius 1 is 0.970 bits per heavy atom. The van der Waals surface area contributed by atoms with E-state index in [1.807, 2.05) is 31.2 Å². The lowest BCUT2D eigenvalue weighted by Crippen LogP contribution is -2.34. The van der Waals surface area contributed by atoms with Crippen LogP contribution in [0.25, 0.3) is 11.1 Å². The first-order valence-electron chi connectivity index (χ1n) is 11.4. The second-order valence-corrected chi connectivity index (χ2v) is 8.75. The van der Waals surface area contributed by atoms with E-state index in [1.54, 1.807) is 6.92 Å². The maximum Gasteiger partial charge on any atom is 0.407 e. The molecular weight excluding hydrogens is 420 g/mol. The molecule has 176 valence electrons. The molecule has 0 aromatic heterocycles. The molecule has 33 heavy (non-hydrogen) atoms. The summed E-state index contributed by atoms with van der Waals surface area (Å²) in [4.78, 5) is 34.8. The zero-order valence-electron chi connectivity index (χ0n) is 19.2. The summed E-state index contributed by atoms with van der Waals surface area (Å²) in [6.07, 6.45) is 1.19. The van der Waals surface area contributed by atoms with Gasteiger partial charge < -0.3 is 20.5 Å². The minimum Gasteiger partial charge on any atom is -0.481 e. The Labute approximate surface area is 194 Å². The Bertz CT molecular complexity index is 945. The van der Waals surface area contributed by atoms with Gasteiger partial charge >= 0.3 is 12.1 Å². The predicted octanol–water partition coefficient (Wildman–Crippen LogP) is 4.31. The van der Waals surface area contributed by atoms with Crippen LogP contribution in [0.1, 0.15) is 56.6 Å². The van der Waals surface area contributed by atoms with Crippen LogP contribution in [0.4, 0.5) is 4.79 Å². The van der Waals surface area contributed by atoms with E-state index >= 15 is 0 Å². The van der Waals surface area contributed by atoms with Crippen LogP contribution < -0.4 is 10.6 Å². The molecule has 0 spiro atoms. The molecule has 2 atom stereocenters. The molecule has 2 amide bonds. The summed E-state index contributed by atoms with van der Waals surface area (Å²) in [7, 11) is 0. The first-order chi connectivity index (χ1) is 15.8. The highest BCUT2D eigenvalue weighted by molar-refractivity contribution is 5.79. The van der Waals surface area contributed by atoms with E-state index in [1.165, 1.54) is 22.3 Å². The third kappa shape index (κ3) is 6.81. The lowest BCUT2D eigenvalue weighted by Gasteiger charge is -2.16. The van der Waals surface area contributed by atoms with Gasteiger partial charge in [0, 0.05) is 24.9 Å². The molecule has 2 unspecified atom stereocenters. The van der Waals surface area contributed by atoms with Gasteiger partial charge in [0.2, 0.25) is 5.91 Å². The van der Waals surface area contributed by atoms with E-state index in [4.69, 9.17) is 9.84 Å².